The van der Waals surface area contributed by atoms with Gasteiger partial charge in [-0.3, -0.25) is 0 Å². The topological polar surface area (TPSA) is 68.9 Å². The summed E-state index contributed by atoms with van der Waals surface area (Å²) >= 11 is 0. The fourth-order valence-electron chi connectivity index (χ4n) is 1.43. The summed E-state index contributed by atoms with van der Waals surface area (Å²) < 4.78 is 0. The molecular weight excluding hydrogens is 202 g/mol. The summed E-state index contributed by atoms with van der Waals surface area (Å²) in [5.74, 6) is 0.992. The predicted octanol–water partition coefficient (Wildman–Crippen LogP) is 1.69. The second-order valence-corrected chi connectivity index (χ2v) is 3.96. The van der Waals surface area contributed by atoms with Gasteiger partial charge in [-0.2, -0.15) is 5.26 Å². The summed E-state index contributed by atoms with van der Waals surface area (Å²) in [6, 6.07) is 3.97. The average Bonchev–Trinajstić information content (AvgIpc) is 2.27. The minimum atomic E-state index is 0.190. The van der Waals surface area contributed by atoms with Crippen molar-refractivity contribution in [1.29, 1.82) is 5.26 Å². The fraction of sp³-hybridized carbons (Fsp3) is 0.500. The molecule has 0 aliphatic carbocycles. The van der Waals surface area contributed by atoms with E-state index in [-0.39, 0.29) is 6.61 Å². The van der Waals surface area contributed by atoms with E-state index in [4.69, 9.17) is 10.4 Å². The Morgan fingerprint density at radius 1 is 1.62 bits per heavy atom. The highest BCUT2D eigenvalue weighted by Crippen LogP contribution is 2.15. The molecule has 0 saturated carbocycles. The molecule has 16 heavy (non-hydrogen) atoms. The molecule has 0 aliphatic rings. The van der Waals surface area contributed by atoms with Gasteiger partial charge in [0.2, 0.25) is 0 Å². The van der Waals surface area contributed by atoms with Crippen LogP contribution in [0.15, 0.2) is 12.3 Å². The summed E-state index contributed by atoms with van der Waals surface area (Å²) in [7, 11) is 0. The maximum absolute atomic E-state index is 9.00. The molecule has 1 unspecified atom stereocenters. The predicted molar refractivity (Wildman–Crippen MR) is 63.0 cm³/mol. The van der Waals surface area contributed by atoms with Gasteiger partial charge in [-0.1, -0.05) is 6.92 Å². The number of rotatable bonds is 5. The normalized spacial score (nSPS) is 11.9. The Hall–Kier alpha value is -1.60. The second-order valence-electron chi connectivity index (χ2n) is 3.96. The number of aliphatic hydroxyl groups excluding tert-OH is 1. The third-order valence-corrected chi connectivity index (χ3v) is 2.51. The first kappa shape index (κ1) is 12.5. The SMILES string of the molecule is Cc1ccnc(NCC(C)CCO)c1C#N. The summed E-state index contributed by atoms with van der Waals surface area (Å²) in [6.45, 7) is 4.84. The number of aromatic nitrogens is 1. The van der Waals surface area contributed by atoms with Gasteiger partial charge in [0.05, 0.1) is 5.56 Å². The third kappa shape index (κ3) is 3.21. The van der Waals surface area contributed by atoms with Crippen LogP contribution in [-0.4, -0.2) is 23.2 Å². The van der Waals surface area contributed by atoms with Crippen LogP contribution >= 0.6 is 0 Å². The van der Waals surface area contributed by atoms with Gasteiger partial charge in [0.15, 0.2) is 0 Å². The number of hydrogen-bond donors (Lipinski definition) is 2. The van der Waals surface area contributed by atoms with Crippen LogP contribution in [-0.2, 0) is 0 Å². The third-order valence-electron chi connectivity index (χ3n) is 2.51. The molecule has 0 bridgehead atoms. The van der Waals surface area contributed by atoms with Gasteiger partial charge in [0.1, 0.15) is 11.9 Å². The Kier molecular flexibility index (Phi) is 4.74. The molecule has 86 valence electrons. The van der Waals surface area contributed by atoms with Gasteiger partial charge < -0.3 is 10.4 Å². The minimum absolute atomic E-state index is 0.190. The molecule has 4 heteroatoms. The smallest absolute Gasteiger partial charge is 0.144 e. The minimum Gasteiger partial charge on any atom is -0.396 e. The summed E-state index contributed by atoms with van der Waals surface area (Å²) in [5, 5.41) is 20.9. The first-order valence-corrected chi connectivity index (χ1v) is 5.39. The van der Waals surface area contributed by atoms with Crippen LogP contribution < -0.4 is 5.32 Å². The van der Waals surface area contributed by atoms with Gasteiger partial charge in [-0.15, -0.1) is 0 Å². The zero-order chi connectivity index (χ0) is 12.0. The largest absolute Gasteiger partial charge is 0.396 e. The van der Waals surface area contributed by atoms with Gasteiger partial charge >= 0.3 is 0 Å². The first-order valence-electron chi connectivity index (χ1n) is 5.39. The molecule has 4 nitrogen and oxygen atoms in total. The summed E-state index contributed by atoms with van der Waals surface area (Å²) in [5.41, 5.74) is 1.52. The van der Waals surface area contributed by atoms with Crippen LogP contribution in [0.2, 0.25) is 0 Å². The Morgan fingerprint density at radius 3 is 3.00 bits per heavy atom. The van der Waals surface area contributed by atoms with Gasteiger partial charge in [-0.05, 0) is 30.9 Å². The molecule has 0 saturated heterocycles. The number of hydrogen-bond acceptors (Lipinski definition) is 4. The van der Waals surface area contributed by atoms with E-state index in [0.717, 1.165) is 12.0 Å². The maximum atomic E-state index is 9.00. The lowest BCUT2D eigenvalue weighted by atomic mass is 10.1. The fourth-order valence-corrected chi connectivity index (χ4v) is 1.43. The maximum Gasteiger partial charge on any atom is 0.144 e. The van der Waals surface area contributed by atoms with E-state index in [1.54, 1.807) is 6.20 Å². The first-order chi connectivity index (χ1) is 7.69. The van der Waals surface area contributed by atoms with Crippen LogP contribution in [0.4, 0.5) is 5.82 Å². The number of aryl methyl sites for hydroxylation is 1. The molecule has 1 atom stereocenters. The Balaban J connectivity index is 2.67. The molecule has 1 aromatic rings. The monoisotopic (exact) mass is 219 g/mol. The van der Waals surface area contributed by atoms with Gasteiger partial charge in [0.25, 0.3) is 0 Å². The molecule has 0 spiro atoms. The average molecular weight is 219 g/mol. The lowest BCUT2D eigenvalue weighted by Gasteiger charge is -2.13. The van der Waals surface area contributed by atoms with E-state index in [9.17, 15) is 0 Å². The lowest BCUT2D eigenvalue weighted by molar-refractivity contribution is 0.266. The van der Waals surface area contributed by atoms with Crippen LogP contribution in [0.5, 0.6) is 0 Å². The molecule has 0 aliphatic heterocycles. The Labute approximate surface area is 95.9 Å². The number of pyridine rings is 1. The number of nitrogens with one attached hydrogen (secondary N) is 1. The van der Waals surface area contributed by atoms with Crippen molar-refractivity contribution in [1.82, 2.24) is 4.98 Å². The Morgan fingerprint density at radius 2 is 2.38 bits per heavy atom. The van der Waals surface area contributed by atoms with E-state index in [1.807, 2.05) is 19.9 Å². The number of nitrogens with zero attached hydrogens (tertiary/aromatic N) is 2. The molecule has 0 fully saturated rings. The molecular formula is C12H17N3O. The highest BCUT2D eigenvalue weighted by atomic mass is 16.3. The van der Waals surface area contributed by atoms with Crippen LogP contribution in [0.3, 0.4) is 0 Å². The molecule has 1 rings (SSSR count). The van der Waals surface area contributed by atoms with E-state index >= 15 is 0 Å². The van der Waals surface area contributed by atoms with Crippen molar-refractivity contribution in [3.05, 3.63) is 23.4 Å². The second kappa shape index (κ2) is 6.09. The molecule has 0 aromatic carbocycles. The number of anilines is 1. The van der Waals surface area contributed by atoms with E-state index in [1.165, 1.54) is 0 Å². The van der Waals surface area contributed by atoms with Crippen molar-refractivity contribution in [3.63, 3.8) is 0 Å². The zero-order valence-electron chi connectivity index (χ0n) is 9.70. The van der Waals surface area contributed by atoms with Crippen molar-refractivity contribution in [3.8, 4) is 6.07 Å². The van der Waals surface area contributed by atoms with Crippen LogP contribution in [0.1, 0.15) is 24.5 Å². The quantitative estimate of drug-likeness (QED) is 0.790. The lowest BCUT2D eigenvalue weighted by Crippen LogP contribution is -2.14. The molecule has 1 heterocycles. The van der Waals surface area contributed by atoms with E-state index in [0.29, 0.717) is 23.8 Å². The van der Waals surface area contributed by atoms with Crippen molar-refractivity contribution in [2.24, 2.45) is 5.92 Å². The van der Waals surface area contributed by atoms with Crippen LogP contribution in [0.25, 0.3) is 0 Å². The van der Waals surface area contributed by atoms with Crippen molar-refractivity contribution in [2.75, 3.05) is 18.5 Å². The number of aliphatic hydroxyl groups is 1. The van der Waals surface area contributed by atoms with E-state index < -0.39 is 0 Å². The molecule has 1 aromatic heterocycles. The molecule has 0 amide bonds. The molecule has 0 radical (unpaired) electrons. The van der Waals surface area contributed by atoms with Gasteiger partial charge in [-0.25, -0.2) is 4.98 Å². The van der Waals surface area contributed by atoms with Crippen LogP contribution in [0, 0.1) is 24.2 Å². The van der Waals surface area contributed by atoms with Gasteiger partial charge in [0, 0.05) is 19.3 Å². The van der Waals surface area contributed by atoms with Crippen molar-refractivity contribution < 1.29 is 5.11 Å². The molecule has 2 N–H and O–H groups in total. The van der Waals surface area contributed by atoms with E-state index in [2.05, 4.69) is 16.4 Å². The Bertz CT molecular complexity index is 384. The highest BCUT2D eigenvalue weighted by molar-refractivity contribution is 5.55. The van der Waals surface area contributed by atoms with Crippen molar-refractivity contribution >= 4 is 5.82 Å². The number of nitriles is 1. The standard InChI is InChI=1S/C12H17N3O/c1-9(4-6-16)8-15-12-11(7-13)10(2)3-5-14-12/h3,5,9,16H,4,6,8H2,1-2H3,(H,14,15). The zero-order valence-corrected chi connectivity index (χ0v) is 9.70. The van der Waals surface area contributed by atoms with Crippen molar-refractivity contribution in [2.45, 2.75) is 20.3 Å². The highest BCUT2D eigenvalue weighted by Gasteiger charge is 2.07. The summed E-state index contributed by atoms with van der Waals surface area (Å²) in [4.78, 5) is 4.15. The summed E-state index contributed by atoms with van der Waals surface area (Å²) in [6.07, 6.45) is 2.44.